The molecule has 0 amide bonds. The van der Waals surface area contributed by atoms with Gasteiger partial charge < -0.3 is 10.1 Å². The molecule has 1 N–H and O–H groups in total. The highest BCUT2D eigenvalue weighted by atomic mass is 35.5. The second kappa shape index (κ2) is 10.7. The molecule has 2 rings (SSSR count). The fraction of sp³-hybridized carbons (Fsp3) is 0.429. The summed E-state index contributed by atoms with van der Waals surface area (Å²) in [6, 6.07) is 12.0. The van der Waals surface area contributed by atoms with Crippen molar-refractivity contribution < 1.29 is 4.74 Å². The molecule has 2 nitrogen and oxygen atoms in total. The topological polar surface area (TPSA) is 21.3 Å². The van der Waals surface area contributed by atoms with Gasteiger partial charge >= 0.3 is 0 Å². The Bertz CT molecular complexity index is 656. The number of nitrogens with one attached hydrogen (secondary N) is 1. The monoisotopic (exact) mass is 379 g/mol. The van der Waals surface area contributed by atoms with Crippen LogP contribution in [0.15, 0.2) is 36.4 Å². The number of halogens is 2. The summed E-state index contributed by atoms with van der Waals surface area (Å²) < 4.78 is 6.01. The van der Waals surface area contributed by atoms with Crippen LogP contribution < -0.4 is 10.1 Å². The smallest absolute Gasteiger partial charge is 0.142 e. The second-order valence-electron chi connectivity index (χ2n) is 6.39. The predicted octanol–water partition coefficient (Wildman–Crippen LogP) is 6.55. The van der Waals surface area contributed by atoms with Crippen LogP contribution in [-0.4, -0.2) is 6.54 Å². The Kier molecular flexibility index (Phi) is 8.60. The molecule has 0 spiro atoms. The highest BCUT2D eigenvalue weighted by Crippen LogP contribution is 2.33. The summed E-state index contributed by atoms with van der Waals surface area (Å²) in [6.45, 7) is 6.48. The predicted molar refractivity (Wildman–Crippen MR) is 108 cm³/mol. The zero-order valence-electron chi connectivity index (χ0n) is 15.1. The number of hydrogen-bond donors (Lipinski definition) is 1. The van der Waals surface area contributed by atoms with Gasteiger partial charge in [-0.2, -0.15) is 0 Å². The third-order valence-electron chi connectivity index (χ3n) is 4.11. The maximum absolute atomic E-state index is 6.37. The van der Waals surface area contributed by atoms with Crippen molar-refractivity contribution in [2.75, 3.05) is 6.54 Å². The summed E-state index contributed by atoms with van der Waals surface area (Å²) in [4.78, 5) is 0. The number of aryl methyl sites for hydroxylation is 1. The van der Waals surface area contributed by atoms with E-state index in [2.05, 4.69) is 43.4 Å². The Labute approximate surface area is 161 Å². The van der Waals surface area contributed by atoms with Crippen molar-refractivity contribution in [1.82, 2.24) is 5.32 Å². The van der Waals surface area contributed by atoms with Crippen molar-refractivity contribution in [3.05, 3.63) is 63.1 Å². The van der Waals surface area contributed by atoms with Gasteiger partial charge in [-0.05, 0) is 37.6 Å². The Morgan fingerprint density at radius 1 is 1.00 bits per heavy atom. The molecule has 0 aliphatic heterocycles. The SMILES string of the molecule is CCCCCCNCc1cc(Cl)cc(Cl)c1OCc1ccc(C)cc1. The van der Waals surface area contributed by atoms with Gasteiger partial charge in [-0.25, -0.2) is 0 Å². The van der Waals surface area contributed by atoms with E-state index in [1.165, 1.54) is 31.2 Å². The molecular weight excluding hydrogens is 353 g/mol. The van der Waals surface area contributed by atoms with Crippen LogP contribution in [0.25, 0.3) is 0 Å². The zero-order valence-corrected chi connectivity index (χ0v) is 16.6. The van der Waals surface area contributed by atoms with Crippen molar-refractivity contribution in [3.8, 4) is 5.75 Å². The standard InChI is InChI=1S/C21H27Cl2NO/c1-3-4-5-6-11-24-14-18-12-19(22)13-20(23)21(18)25-15-17-9-7-16(2)8-10-17/h7-10,12-13,24H,3-6,11,14-15H2,1-2H3. The van der Waals surface area contributed by atoms with Gasteiger partial charge in [0, 0.05) is 17.1 Å². The van der Waals surface area contributed by atoms with Gasteiger partial charge in [0.15, 0.2) is 0 Å². The molecule has 0 aromatic heterocycles. The van der Waals surface area contributed by atoms with Crippen LogP contribution in [-0.2, 0) is 13.2 Å². The van der Waals surface area contributed by atoms with Crippen molar-refractivity contribution in [2.24, 2.45) is 0 Å². The summed E-state index contributed by atoms with van der Waals surface area (Å²) in [7, 11) is 0. The average Bonchev–Trinajstić information content (AvgIpc) is 2.58. The second-order valence-corrected chi connectivity index (χ2v) is 7.23. The Morgan fingerprint density at radius 3 is 2.48 bits per heavy atom. The summed E-state index contributed by atoms with van der Waals surface area (Å²) in [5.74, 6) is 0.715. The van der Waals surface area contributed by atoms with E-state index in [0.29, 0.717) is 28.9 Å². The molecule has 0 aliphatic rings. The first-order chi connectivity index (χ1) is 12.1. The molecule has 0 heterocycles. The quantitative estimate of drug-likeness (QED) is 0.472. The summed E-state index contributed by atoms with van der Waals surface area (Å²) in [5.41, 5.74) is 3.36. The summed E-state index contributed by atoms with van der Waals surface area (Å²) >= 11 is 12.5. The lowest BCUT2D eigenvalue weighted by molar-refractivity contribution is 0.302. The van der Waals surface area contributed by atoms with Crippen molar-refractivity contribution >= 4 is 23.2 Å². The Hall–Kier alpha value is -1.22. The van der Waals surface area contributed by atoms with Crippen LogP contribution in [0, 0.1) is 6.92 Å². The minimum absolute atomic E-state index is 0.491. The van der Waals surface area contributed by atoms with E-state index in [1.807, 2.05) is 6.07 Å². The van der Waals surface area contributed by atoms with Gasteiger partial charge in [0.05, 0.1) is 5.02 Å². The van der Waals surface area contributed by atoms with E-state index in [4.69, 9.17) is 27.9 Å². The lowest BCUT2D eigenvalue weighted by Crippen LogP contribution is -2.15. The average molecular weight is 380 g/mol. The number of rotatable bonds is 10. The maximum atomic E-state index is 6.37. The first kappa shape index (κ1) is 20.1. The molecule has 2 aromatic carbocycles. The molecule has 0 atom stereocenters. The number of hydrogen-bond acceptors (Lipinski definition) is 2. The van der Waals surface area contributed by atoms with Crippen LogP contribution >= 0.6 is 23.2 Å². The molecule has 0 fully saturated rings. The molecule has 25 heavy (non-hydrogen) atoms. The lowest BCUT2D eigenvalue weighted by Gasteiger charge is -2.15. The van der Waals surface area contributed by atoms with Gasteiger partial charge in [0.25, 0.3) is 0 Å². The fourth-order valence-corrected chi connectivity index (χ4v) is 3.24. The molecule has 0 bridgehead atoms. The van der Waals surface area contributed by atoms with Crippen LogP contribution in [0.3, 0.4) is 0 Å². The maximum Gasteiger partial charge on any atom is 0.142 e. The number of benzene rings is 2. The molecular formula is C21H27Cl2NO. The molecule has 0 radical (unpaired) electrons. The van der Waals surface area contributed by atoms with Crippen molar-refractivity contribution in [1.29, 1.82) is 0 Å². The van der Waals surface area contributed by atoms with E-state index in [9.17, 15) is 0 Å². The highest BCUT2D eigenvalue weighted by molar-refractivity contribution is 6.35. The van der Waals surface area contributed by atoms with E-state index in [-0.39, 0.29) is 0 Å². The Morgan fingerprint density at radius 2 is 1.76 bits per heavy atom. The normalized spacial score (nSPS) is 10.9. The van der Waals surface area contributed by atoms with E-state index in [0.717, 1.165) is 17.7 Å². The molecule has 0 saturated heterocycles. The number of unbranched alkanes of at least 4 members (excludes halogenated alkanes) is 3. The van der Waals surface area contributed by atoms with E-state index < -0.39 is 0 Å². The first-order valence-corrected chi connectivity index (χ1v) is 9.72. The van der Waals surface area contributed by atoms with Crippen molar-refractivity contribution in [2.45, 2.75) is 52.7 Å². The van der Waals surface area contributed by atoms with Gasteiger partial charge in [0.2, 0.25) is 0 Å². The minimum Gasteiger partial charge on any atom is -0.487 e. The van der Waals surface area contributed by atoms with Gasteiger partial charge in [-0.1, -0.05) is 79.2 Å². The van der Waals surface area contributed by atoms with E-state index in [1.54, 1.807) is 6.07 Å². The largest absolute Gasteiger partial charge is 0.487 e. The van der Waals surface area contributed by atoms with Crippen molar-refractivity contribution in [3.63, 3.8) is 0 Å². The zero-order chi connectivity index (χ0) is 18.1. The van der Waals surface area contributed by atoms with Gasteiger partial charge in [-0.3, -0.25) is 0 Å². The first-order valence-electron chi connectivity index (χ1n) is 8.97. The summed E-state index contributed by atoms with van der Waals surface area (Å²) in [5, 5.41) is 4.66. The van der Waals surface area contributed by atoms with Crippen LogP contribution in [0.4, 0.5) is 0 Å². The van der Waals surface area contributed by atoms with Gasteiger partial charge in [0.1, 0.15) is 12.4 Å². The fourth-order valence-electron chi connectivity index (χ4n) is 2.65. The molecule has 0 saturated carbocycles. The summed E-state index contributed by atoms with van der Waals surface area (Å²) in [6.07, 6.45) is 4.98. The molecule has 136 valence electrons. The molecule has 0 aliphatic carbocycles. The molecule has 4 heteroatoms. The van der Waals surface area contributed by atoms with Crippen LogP contribution in [0.1, 0.15) is 49.3 Å². The lowest BCUT2D eigenvalue weighted by atomic mass is 10.1. The Balaban J connectivity index is 1.97. The van der Waals surface area contributed by atoms with Crippen LogP contribution in [0.2, 0.25) is 10.0 Å². The minimum atomic E-state index is 0.491. The molecule has 0 unspecified atom stereocenters. The number of ether oxygens (including phenoxy) is 1. The molecule has 2 aromatic rings. The van der Waals surface area contributed by atoms with E-state index >= 15 is 0 Å². The third-order valence-corrected chi connectivity index (χ3v) is 4.61. The third kappa shape index (κ3) is 6.89. The van der Waals surface area contributed by atoms with Crippen LogP contribution in [0.5, 0.6) is 5.75 Å². The van der Waals surface area contributed by atoms with Gasteiger partial charge in [-0.15, -0.1) is 0 Å². The highest BCUT2D eigenvalue weighted by Gasteiger charge is 2.11.